The van der Waals surface area contributed by atoms with E-state index in [0.717, 1.165) is 25.9 Å². The standard InChI is InChI=1S/C14H19FN2O.ClH/c1-10-2-3-12(9-13(10)15)17-14(18)8-11-4-6-16-7-5-11;/h2-3,9,11,16H,4-8H2,1H3,(H,17,18);1H. The van der Waals surface area contributed by atoms with Crippen molar-refractivity contribution in [2.24, 2.45) is 5.92 Å². The second kappa shape index (κ2) is 7.46. The summed E-state index contributed by atoms with van der Waals surface area (Å²) in [5.74, 6) is 0.140. The van der Waals surface area contributed by atoms with Gasteiger partial charge in [-0.25, -0.2) is 4.39 Å². The van der Waals surface area contributed by atoms with Gasteiger partial charge < -0.3 is 10.6 Å². The van der Waals surface area contributed by atoms with E-state index in [0.29, 0.717) is 23.6 Å². The van der Waals surface area contributed by atoms with E-state index in [9.17, 15) is 9.18 Å². The predicted octanol–water partition coefficient (Wildman–Crippen LogP) is 2.88. The van der Waals surface area contributed by atoms with Gasteiger partial charge in [0, 0.05) is 12.1 Å². The van der Waals surface area contributed by atoms with Gasteiger partial charge in [0.25, 0.3) is 0 Å². The van der Waals surface area contributed by atoms with Gasteiger partial charge in [-0.15, -0.1) is 12.4 Å². The summed E-state index contributed by atoms with van der Waals surface area (Å²) >= 11 is 0. The van der Waals surface area contributed by atoms with Crippen LogP contribution in [0.3, 0.4) is 0 Å². The topological polar surface area (TPSA) is 41.1 Å². The van der Waals surface area contributed by atoms with Gasteiger partial charge in [0.15, 0.2) is 0 Å². The zero-order chi connectivity index (χ0) is 13.0. The Hall–Kier alpha value is -1.13. The Morgan fingerprint density at radius 2 is 2.11 bits per heavy atom. The molecule has 1 fully saturated rings. The summed E-state index contributed by atoms with van der Waals surface area (Å²) in [5.41, 5.74) is 1.13. The largest absolute Gasteiger partial charge is 0.326 e. The Kier molecular flexibility index (Phi) is 6.25. The van der Waals surface area contributed by atoms with E-state index in [1.807, 2.05) is 0 Å². The molecule has 3 nitrogen and oxygen atoms in total. The monoisotopic (exact) mass is 286 g/mol. The van der Waals surface area contributed by atoms with Gasteiger partial charge >= 0.3 is 0 Å². The maximum Gasteiger partial charge on any atom is 0.224 e. The van der Waals surface area contributed by atoms with Crippen molar-refractivity contribution >= 4 is 24.0 Å². The minimum absolute atomic E-state index is 0. The highest BCUT2D eigenvalue weighted by Crippen LogP contribution is 2.18. The molecule has 1 amide bonds. The van der Waals surface area contributed by atoms with E-state index in [1.54, 1.807) is 19.1 Å². The Balaban J connectivity index is 0.00000180. The SMILES string of the molecule is Cc1ccc(NC(=O)CC2CCNCC2)cc1F.Cl. The fourth-order valence-electron chi connectivity index (χ4n) is 2.23. The van der Waals surface area contributed by atoms with Crippen LogP contribution in [0.1, 0.15) is 24.8 Å². The normalized spacial score (nSPS) is 15.7. The van der Waals surface area contributed by atoms with Crippen LogP contribution in [0.2, 0.25) is 0 Å². The summed E-state index contributed by atoms with van der Waals surface area (Å²) in [4.78, 5) is 11.8. The van der Waals surface area contributed by atoms with Crippen molar-refractivity contribution in [1.29, 1.82) is 0 Å². The van der Waals surface area contributed by atoms with Gasteiger partial charge in [0.2, 0.25) is 5.91 Å². The lowest BCUT2D eigenvalue weighted by Crippen LogP contribution is -2.30. The molecule has 1 saturated heterocycles. The third kappa shape index (κ3) is 4.80. The molecule has 19 heavy (non-hydrogen) atoms. The molecule has 1 aliphatic rings. The number of carbonyl (C=O) groups excluding carboxylic acids is 1. The smallest absolute Gasteiger partial charge is 0.224 e. The van der Waals surface area contributed by atoms with Gasteiger partial charge in [0.05, 0.1) is 0 Å². The van der Waals surface area contributed by atoms with Crippen LogP contribution < -0.4 is 10.6 Å². The lowest BCUT2D eigenvalue weighted by atomic mass is 9.94. The number of anilines is 1. The van der Waals surface area contributed by atoms with Crippen LogP contribution in [-0.2, 0) is 4.79 Å². The third-order valence-corrected chi connectivity index (χ3v) is 3.39. The van der Waals surface area contributed by atoms with Crippen LogP contribution in [0.5, 0.6) is 0 Å². The Morgan fingerprint density at radius 1 is 1.42 bits per heavy atom. The highest BCUT2D eigenvalue weighted by atomic mass is 35.5. The Labute approximate surface area is 119 Å². The van der Waals surface area contributed by atoms with E-state index in [4.69, 9.17) is 0 Å². The van der Waals surface area contributed by atoms with Crippen molar-refractivity contribution in [3.63, 3.8) is 0 Å². The maximum absolute atomic E-state index is 13.3. The van der Waals surface area contributed by atoms with Gasteiger partial charge in [0.1, 0.15) is 5.82 Å². The van der Waals surface area contributed by atoms with Crippen LogP contribution in [0.25, 0.3) is 0 Å². The molecule has 0 spiro atoms. The first-order chi connectivity index (χ1) is 8.65. The predicted molar refractivity (Wildman–Crippen MR) is 77.2 cm³/mol. The molecule has 1 aromatic carbocycles. The highest BCUT2D eigenvalue weighted by molar-refractivity contribution is 5.90. The van der Waals surface area contributed by atoms with Crippen LogP contribution in [0.15, 0.2) is 18.2 Å². The molecule has 1 heterocycles. The average Bonchev–Trinajstić information content (AvgIpc) is 2.35. The quantitative estimate of drug-likeness (QED) is 0.897. The number of hydrogen-bond acceptors (Lipinski definition) is 2. The summed E-state index contributed by atoms with van der Waals surface area (Å²) in [5, 5.41) is 6.03. The van der Waals surface area contributed by atoms with Crippen molar-refractivity contribution in [3.05, 3.63) is 29.6 Å². The second-order valence-electron chi connectivity index (χ2n) is 4.91. The molecule has 2 N–H and O–H groups in total. The van der Waals surface area contributed by atoms with Gasteiger partial charge in [-0.2, -0.15) is 0 Å². The van der Waals surface area contributed by atoms with Gasteiger partial charge in [-0.3, -0.25) is 4.79 Å². The average molecular weight is 287 g/mol. The zero-order valence-electron chi connectivity index (χ0n) is 11.0. The Bertz CT molecular complexity index is 433. The number of carbonyl (C=O) groups is 1. The van der Waals surface area contributed by atoms with Crippen molar-refractivity contribution in [2.75, 3.05) is 18.4 Å². The number of rotatable bonds is 3. The lowest BCUT2D eigenvalue weighted by Gasteiger charge is -2.21. The van der Waals surface area contributed by atoms with Gasteiger partial charge in [-0.1, -0.05) is 6.07 Å². The zero-order valence-corrected chi connectivity index (χ0v) is 11.9. The molecule has 0 aromatic heterocycles. The molecule has 0 radical (unpaired) electrons. The highest BCUT2D eigenvalue weighted by Gasteiger charge is 2.16. The first kappa shape index (κ1) is 15.9. The number of amides is 1. The summed E-state index contributed by atoms with van der Waals surface area (Å²) < 4.78 is 13.3. The van der Waals surface area contributed by atoms with Crippen molar-refractivity contribution in [3.8, 4) is 0 Å². The molecule has 2 rings (SSSR count). The molecule has 106 valence electrons. The first-order valence-electron chi connectivity index (χ1n) is 6.42. The first-order valence-corrected chi connectivity index (χ1v) is 6.42. The molecular formula is C14H20ClFN2O. The molecule has 0 bridgehead atoms. The van der Waals surface area contributed by atoms with Crippen LogP contribution in [0, 0.1) is 18.7 Å². The molecule has 5 heteroatoms. The second-order valence-corrected chi connectivity index (χ2v) is 4.91. The number of hydrogen-bond donors (Lipinski definition) is 2. The lowest BCUT2D eigenvalue weighted by molar-refractivity contribution is -0.117. The maximum atomic E-state index is 13.3. The van der Waals surface area contributed by atoms with Crippen molar-refractivity contribution in [2.45, 2.75) is 26.2 Å². The minimum Gasteiger partial charge on any atom is -0.326 e. The molecule has 1 aromatic rings. The number of halogens is 2. The molecule has 0 saturated carbocycles. The number of aryl methyl sites for hydroxylation is 1. The molecule has 0 unspecified atom stereocenters. The van der Waals surface area contributed by atoms with E-state index in [-0.39, 0.29) is 24.1 Å². The number of nitrogens with one attached hydrogen (secondary N) is 2. The fraction of sp³-hybridized carbons (Fsp3) is 0.500. The van der Waals surface area contributed by atoms with Crippen molar-refractivity contribution < 1.29 is 9.18 Å². The molecular weight excluding hydrogens is 267 g/mol. The van der Waals surface area contributed by atoms with E-state index in [2.05, 4.69) is 10.6 Å². The fourth-order valence-corrected chi connectivity index (χ4v) is 2.23. The van der Waals surface area contributed by atoms with Crippen LogP contribution >= 0.6 is 12.4 Å². The third-order valence-electron chi connectivity index (χ3n) is 3.39. The van der Waals surface area contributed by atoms with E-state index in [1.165, 1.54) is 6.07 Å². The van der Waals surface area contributed by atoms with E-state index >= 15 is 0 Å². The van der Waals surface area contributed by atoms with E-state index < -0.39 is 0 Å². The minimum atomic E-state index is -0.283. The van der Waals surface area contributed by atoms with Crippen LogP contribution in [-0.4, -0.2) is 19.0 Å². The van der Waals surface area contributed by atoms with Crippen LogP contribution in [0.4, 0.5) is 10.1 Å². The summed E-state index contributed by atoms with van der Waals surface area (Å²) in [7, 11) is 0. The summed E-state index contributed by atoms with van der Waals surface area (Å²) in [6.45, 7) is 3.67. The molecule has 1 aliphatic heterocycles. The molecule has 0 atom stereocenters. The Morgan fingerprint density at radius 3 is 2.74 bits per heavy atom. The summed E-state index contributed by atoms with van der Waals surface area (Å²) in [6, 6.07) is 4.78. The number of benzene rings is 1. The number of piperidine rings is 1. The molecule has 0 aliphatic carbocycles. The van der Waals surface area contributed by atoms with Gasteiger partial charge in [-0.05, 0) is 56.5 Å². The van der Waals surface area contributed by atoms with Crippen molar-refractivity contribution in [1.82, 2.24) is 5.32 Å². The summed E-state index contributed by atoms with van der Waals surface area (Å²) in [6.07, 6.45) is 2.60.